The van der Waals surface area contributed by atoms with Gasteiger partial charge in [-0.1, -0.05) is 48.5 Å². The van der Waals surface area contributed by atoms with Crippen LogP contribution in [0.3, 0.4) is 0 Å². The van der Waals surface area contributed by atoms with Crippen molar-refractivity contribution in [3.63, 3.8) is 0 Å². The van der Waals surface area contributed by atoms with Crippen LogP contribution in [0, 0.1) is 0 Å². The average Bonchev–Trinajstić information content (AvgIpc) is 3.05. The largest absolute Gasteiger partial charge is 0.481 e. The first kappa shape index (κ1) is 21.9. The molecule has 1 heterocycles. The van der Waals surface area contributed by atoms with E-state index in [4.69, 9.17) is 19.5 Å². The summed E-state index contributed by atoms with van der Waals surface area (Å²) >= 11 is 0. The van der Waals surface area contributed by atoms with Crippen LogP contribution < -0.4 is 0 Å². The van der Waals surface area contributed by atoms with E-state index in [0.29, 0.717) is 5.06 Å². The van der Waals surface area contributed by atoms with Crippen LogP contribution in [0.15, 0.2) is 54.6 Å². The van der Waals surface area contributed by atoms with Crippen LogP contribution in [0.25, 0.3) is 21.5 Å². The molecule has 3 aromatic rings. The minimum atomic E-state index is -0.833. The van der Waals surface area contributed by atoms with Gasteiger partial charge >= 0.3 is 5.97 Å². The zero-order valence-electron chi connectivity index (χ0n) is 16.9. The molecule has 1 aliphatic rings. The number of nitrogens with zero attached hydrogens (tertiary/aromatic N) is 1. The van der Waals surface area contributed by atoms with Gasteiger partial charge in [0.25, 0.3) is 17.8 Å². The Morgan fingerprint density at radius 1 is 0.935 bits per heavy atom. The van der Waals surface area contributed by atoms with E-state index in [1.165, 1.54) is 0 Å². The van der Waals surface area contributed by atoms with Gasteiger partial charge in [0.2, 0.25) is 0 Å². The van der Waals surface area contributed by atoms with E-state index in [1.54, 1.807) is 0 Å². The highest BCUT2D eigenvalue weighted by atomic mass is 16.7. The molecule has 3 aromatic carbocycles. The second kappa shape index (κ2) is 9.82. The molecule has 0 aromatic heterocycles. The molecule has 8 nitrogen and oxygen atoms in total. The molecular weight excluding hydrogens is 402 g/mol. The average molecular weight is 423 g/mol. The molecule has 1 aliphatic heterocycles. The maximum absolute atomic E-state index is 11.9. The third-order valence-electron chi connectivity index (χ3n) is 4.55. The Labute approximate surface area is 177 Å². The number of carboxylic acid groups (broad SMARTS) is 1. The molecule has 0 bridgehead atoms. The number of ether oxygens (including phenoxy) is 1. The van der Waals surface area contributed by atoms with Crippen molar-refractivity contribution in [2.24, 2.45) is 0 Å². The Morgan fingerprint density at radius 3 is 1.94 bits per heavy atom. The van der Waals surface area contributed by atoms with Gasteiger partial charge in [-0.05, 0) is 33.2 Å². The number of carbonyl (C=O) groups is 4. The molecule has 2 amide bonds. The van der Waals surface area contributed by atoms with Gasteiger partial charge in [0.1, 0.15) is 6.61 Å². The third kappa shape index (κ3) is 5.43. The Bertz CT molecular complexity index is 1080. The van der Waals surface area contributed by atoms with E-state index >= 15 is 0 Å². The second-order valence-corrected chi connectivity index (χ2v) is 6.85. The maximum Gasteiger partial charge on any atom is 0.358 e. The van der Waals surface area contributed by atoms with E-state index < -0.39 is 23.8 Å². The van der Waals surface area contributed by atoms with Crippen LogP contribution in [0.1, 0.15) is 25.3 Å². The molecule has 1 saturated heterocycles. The topological polar surface area (TPSA) is 110 Å². The molecule has 31 heavy (non-hydrogen) atoms. The number of imide groups is 1. The molecule has 1 N–H and O–H groups in total. The van der Waals surface area contributed by atoms with Crippen LogP contribution >= 0.6 is 0 Å². The monoisotopic (exact) mass is 423 g/mol. The Hall–Kier alpha value is -3.78. The number of amides is 2. The van der Waals surface area contributed by atoms with Gasteiger partial charge in [-0.15, -0.1) is 5.06 Å². The molecule has 0 spiro atoms. The molecule has 1 fully saturated rings. The maximum atomic E-state index is 11.9. The molecule has 0 atom stereocenters. The van der Waals surface area contributed by atoms with Crippen LogP contribution in [0.4, 0.5) is 0 Å². The predicted molar refractivity (Wildman–Crippen MR) is 112 cm³/mol. The summed E-state index contributed by atoms with van der Waals surface area (Å²) in [7, 11) is 0. The highest BCUT2D eigenvalue weighted by Crippen LogP contribution is 2.29. The van der Waals surface area contributed by atoms with Gasteiger partial charge in [-0.2, -0.15) is 0 Å². The van der Waals surface area contributed by atoms with E-state index in [-0.39, 0.29) is 26.1 Å². The lowest BCUT2D eigenvalue weighted by Crippen LogP contribution is -2.33. The summed E-state index contributed by atoms with van der Waals surface area (Å²) in [6.07, 6.45) is 0.129. The molecule has 160 valence electrons. The molecule has 8 heteroatoms. The highest BCUT2D eigenvalue weighted by Gasteiger charge is 2.32. The molecule has 0 unspecified atom stereocenters. The van der Waals surface area contributed by atoms with Gasteiger partial charge in [0.05, 0.1) is 6.61 Å². The Kier molecular flexibility index (Phi) is 6.94. The van der Waals surface area contributed by atoms with Gasteiger partial charge in [0, 0.05) is 19.8 Å². The first-order valence-electron chi connectivity index (χ1n) is 9.60. The number of hydrogen-bond acceptors (Lipinski definition) is 6. The van der Waals surface area contributed by atoms with Crippen molar-refractivity contribution >= 4 is 45.3 Å². The first-order chi connectivity index (χ1) is 14.9. The summed E-state index contributed by atoms with van der Waals surface area (Å²) in [6.45, 7) is 0.938. The van der Waals surface area contributed by atoms with Crippen molar-refractivity contribution in [3.8, 4) is 0 Å². The van der Waals surface area contributed by atoms with E-state index in [9.17, 15) is 14.4 Å². The van der Waals surface area contributed by atoms with E-state index in [2.05, 4.69) is 6.07 Å². The molecule has 0 radical (unpaired) electrons. The van der Waals surface area contributed by atoms with Crippen molar-refractivity contribution in [1.82, 2.24) is 5.06 Å². The zero-order valence-corrected chi connectivity index (χ0v) is 16.9. The van der Waals surface area contributed by atoms with Crippen molar-refractivity contribution < 1.29 is 33.9 Å². The highest BCUT2D eigenvalue weighted by molar-refractivity contribution is 6.02. The molecular formula is C23H21NO7. The SMILES string of the molecule is CC(=O)O.O=C(COCc1c2ccccc2cc2ccccc12)ON1C(=O)CCC1=O. The van der Waals surface area contributed by atoms with Crippen molar-refractivity contribution in [2.45, 2.75) is 26.4 Å². The lowest BCUT2D eigenvalue weighted by molar-refractivity contribution is -0.200. The third-order valence-corrected chi connectivity index (χ3v) is 4.55. The predicted octanol–water partition coefficient (Wildman–Crippen LogP) is 3.21. The van der Waals surface area contributed by atoms with Gasteiger partial charge in [-0.3, -0.25) is 14.4 Å². The molecule has 0 saturated carbocycles. The molecule has 0 aliphatic carbocycles. The summed E-state index contributed by atoms with van der Waals surface area (Å²) < 4.78 is 5.55. The minimum Gasteiger partial charge on any atom is -0.481 e. The van der Waals surface area contributed by atoms with Crippen LogP contribution in [0.2, 0.25) is 0 Å². The number of aliphatic carboxylic acids is 1. The fourth-order valence-corrected chi connectivity index (χ4v) is 3.29. The standard InChI is InChI=1S/C21H17NO5.C2H4O2/c23-19-9-10-20(24)22(19)27-21(25)13-26-12-18-16-7-3-1-5-14(16)11-15-6-2-4-8-17(15)18;1-2(3)4/h1-8,11H,9-10,12-13H2;1H3,(H,3,4). The Balaban J connectivity index is 0.000000628. The normalized spacial score (nSPS) is 13.3. The minimum absolute atomic E-state index is 0.0644. The van der Waals surface area contributed by atoms with Crippen molar-refractivity contribution in [3.05, 3.63) is 60.2 Å². The fourth-order valence-electron chi connectivity index (χ4n) is 3.29. The summed E-state index contributed by atoms with van der Waals surface area (Å²) in [6, 6.07) is 18.1. The second-order valence-electron chi connectivity index (χ2n) is 6.85. The first-order valence-corrected chi connectivity index (χ1v) is 9.60. The van der Waals surface area contributed by atoms with Gasteiger partial charge in [0.15, 0.2) is 0 Å². The quantitative estimate of drug-likeness (QED) is 0.496. The lowest BCUT2D eigenvalue weighted by atomic mass is 9.97. The summed E-state index contributed by atoms with van der Waals surface area (Å²) in [5, 5.41) is 12.2. The number of carboxylic acids is 1. The van der Waals surface area contributed by atoms with Crippen molar-refractivity contribution in [1.29, 1.82) is 0 Å². The summed E-state index contributed by atoms with van der Waals surface area (Å²) in [5.41, 5.74) is 0.977. The Morgan fingerprint density at radius 2 is 1.42 bits per heavy atom. The number of fused-ring (bicyclic) bond motifs is 2. The number of benzene rings is 3. The number of carbonyl (C=O) groups excluding carboxylic acids is 3. The van der Waals surface area contributed by atoms with Gasteiger partial charge < -0.3 is 14.7 Å². The van der Waals surface area contributed by atoms with Crippen LogP contribution in [-0.4, -0.2) is 40.5 Å². The van der Waals surface area contributed by atoms with Crippen LogP contribution in [0.5, 0.6) is 0 Å². The smallest absolute Gasteiger partial charge is 0.358 e. The summed E-state index contributed by atoms with van der Waals surface area (Å²) in [4.78, 5) is 48.7. The number of rotatable bonds is 5. The van der Waals surface area contributed by atoms with Gasteiger partial charge in [-0.25, -0.2) is 4.79 Å². The number of hydrogen-bond donors (Lipinski definition) is 1. The lowest BCUT2D eigenvalue weighted by Gasteiger charge is -2.14. The molecule has 4 rings (SSSR count). The fraction of sp³-hybridized carbons (Fsp3) is 0.217. The zero-order chi connectivity index (χ0) is 22.4. The van der Waals surface area contributed by atoms with Crippen LogP contribution in [-0.2, 0) is 35.4 Å². The summed E-state index contributed by atoms with van der Waals surface area (Å²) in [5.74, 6) is -2.62. The van der Waals surface area contributed by atoms with E-state index in [1.807, 2.05) is 48.5 Å². The number of hydroxylamine groups is 2. The van der Waals surface area contributed by atoms with Crippen molar-refractivity contribution in [2.75, 3.05) is 6.61 Å². The van der Waals surface area contributed by atoms with E-state index in [0.717, 1.165) is 34.0 Å².